The summed E-state index contributed by atoms with van der Waals surface area (Å²) in [4.78, 5) is 3.95. The lowest BCUT2D eigenvalue weighted by atomic mass is 10.2. The van der Waals surface area contributed by atoms with E-state index in [4.69, 9.17) is 11.6 Å². The van der Waals surface area contributed by atoms with Gasteiger partial charge in [0.25, 0.3) is 0 Å². The van der Waals surface area contributed by atoms with Gasteiger partial charge >= 0.3 is 0 Å². The lowest BCUT2D eigenvalue weighted by Gasteiger charge is -2.11. The highest BCUT2D eigenvalue weighted by molar-refractivity contribution is 7.86. The number of halogens is 2. The molecule has 4 nitrogen and oxygen atoms in total. The fraction of sp³-hybridized carbons (Fsp3) is 0.167. The van der Waals surface area contributed by atoms with E-state index in [-0.39, 0.29) is 4.90 Å². The topological polar surface area (TPSA) is 54.0 Å². The predicted molar refractivity (Wildman–Crippen MR) is 109 cm³/mol. The van der Waals surface area contributed by atoms with Crippen molar-refractivity contribution in [1.29, 1.82) is 0 Å². The number of aromatic nitrogens is 1. The van der Waals surface area contributed by atoms with Gasteiger partial charge in [0.05, 0.1) is 15.6 Å². The number of hydrogen-bond acceptors (Lipinski definition) is 4. The molecule has 138 valence electrons. The van der Waals surface area contributed by atoms with Crippen LogP contribution in [-0.2, 0) is 17.5 Å². The Hall–Kier alpha value is -1.96. The lowest BCUT2D eigenvalue weighted by Crippen LogP contribution is -2.08. The number of rotatable bonds is 6. The highest BCUT2D eigenvalue weighted by atomic mass is 35.5. The van der Waals surface area contributed by atoms with Gasteiger partial charge in [0.2, 0.25) is 0 Å². The molecule has 0 spiro atoms. The first-order valence-corrected chi connectivity index (χ1v) is 10.4. The molecule has 3 aromatic rings. The molecule has 0 amide bonds. The zero-order valence-electron chi connectivity index (χ0n) is 14.3. The minimum absolute atomic E-state index is 0.0135. The van der Waals surface area contributed by atoms with Gasteiger partial charge in [0.15, 0.2) is 16.1 Å². The molecule has 0 aliphatic rings. The van der Waals surface area contributed by atoms with Crippen molar-refractivity contribution in [3.8, 4) is 0 Å². The average molecular weight is 412 g/mol. The first kappa shape index (κ1) is 20.4. The summed E-state index contributed by atoms with van der Waals surface area (Å²) in [7, 11) is -1.77. The molecule has 0 saturated carbocycles. The third-order valence-corrected chi connectivity index (χ3v) is 5.38. The van der Waals surface area contributed by atoms with Crippen LogP contribution in [0.15, 0.2) is 58.9 Å². The molecule has 8 heteroatoms. The van der Waals surface area contributed by atoms with Gasteiger partial charge < -0.3 is 5.32 Å². The van der Waals surface area contributed by atoms with Crippen molar-refractivity contribution < 1.29 is 8.60 Å². The summed E-state index contributed by atoms with van der Waals surface area (Å²) in [5, 5.41) is 5.57. The molecule has 3 rings (SSSR count). The van der Waals surface area contributed by atoms with E-state index in [1.807, 2.05) is 44.2 Å². The number of nitrogens with one attached hydrogen (secondary N) is 2. The summed E-state index contributed by atoms with van der Waals surface area (Å²) in [5.74, 6) is -0.600. The molecule has 26 heavy (non-hydrogen) atoms. The SMILES string of the molecule is CC.O=S(Nc1nccs1)c1cc(Cl)c(NCc2ccccc2)cc1F. The van der Waals surface area contributed by atoms with E-state index in [1.54, 1.807) is 11.6 Å². The van der Waals surface area contributed by atoms with Gasteiger partial charge in [-0.25, -0.2) is 13.6 Å². The normalized spacial score (nSPS) is 11.2. The Morgan fingerprint density at radius 3 is 2.62 bits per heavy atom. The van der Waals surface area contributed by atoms with E-state index in [2.05, 4.69) is 15.0 Å². The largest absolute Gasteiger partial charge is 0.380 e. The second-order valence-corrected chi connectivity index (χ2v) is 7.29. The summed E-state index contributed by atoms with van der Waals surface area (Å²) in [5.41, 5.74) is 1.50. The van der Waals surface area contributed by atoms with Crippen LogP contribution >= 0.6 is 22.9 Å². The standard InChI is InChI=1S/C16H13ClFN3OS2.C2H6/c17-12-8-15(24(22)21-16-19-6-7-23-16)13(18)9-14(12)20-10-11-4-2-1-3-5-11;1-2/h1-9,20H,10H2,(H,19,21);1-2H3. The van der Waals surface area contributed by atoms with Crippen LogP contribution in [0.5, 0.6) is 0 Å². The van der Waals surface area contributed by atoms with E-state index < -0.39 is 16.8 Å². The summed E-state index contributed by atoms with van der Waals surface area (Å²) in [6.07, 6.45) is 1.57. The Balaban J connectivity index is 0.00000117. The zero-order valence-corrected chi connectivity index (χ0v) is 16.7. The lowest BCUT2D eigenvalue weighted by molar-refractivity contribution is 0.596. The summed E-state index contributed by atoms with van der Waals surface area (Å²) < 4.78 is 29.2. The molecule has 1 heterocycles. The van der Waals surface area contributed by atoms with E-state index in [1.165, 1.54) is 23.5 Å². The van der Waals surface area contributed by atoms with Crippen LogP contribution < -0.4 is 10.0 Å². The molecule has 0 radical (unpaired) electrons. The van der Waals surface area contributed by atoms with Crippen molar-refractivity contribution in [3.05, 3.63) is 70.4 Å². The van der Waals surface area contributed by atoms with E-state index in [0.29, 0.717) is 22.4 Å². The van der Waals surface area contributed by atoms with Crippen molar-refractivity contribution >= 4 is 44.7 Å². The number of anilines is 2. The fourth-order valence-electron chi connectivity index (χ4n) is 2.01. The molecule has 0 aliphatic carbocycles. The minimum Gasteiger partial charge on any atom is -0.380 e. The van der Waals surface area contributed by atoms with Gasteiger partial charge in [0, 0.05) is 18.1 Å². The zero-order chi connectivity index (χ0) is 18.9. The maximum absolute atomic E-state index is 14.3. The van der Waals surface area contributed by atoms with Gasteiger partial charge in [-0.3, -0.25) is 4.72 Å². The van der Waals surface area contributed by atoms with Gasteiger partial charge in [-0.05, 0) is 17.7 Å². The Morgan fingerprint density at radius 1 is 1.23 bits per heavy atom. The molecule has 0 fully saturated rings. The minimum atomic E-state index is -1.77. The molecule has 2 N–H and O–H groups in total. The van der Waals surface area contributed by atoms with Crippen LogP contribution in [0, 0.1) is 5.82 Å². The summed E-state index contributed by atoms with van der Waals surface area (Å²) >= 11 is 7.47. The fourth-order valence-corrected chi connectivity index (χ4v) is 3.88. The van der Waals surface area contributed by atoms with Crippen molar-refractivity contribution in [2.75, 3.05) is 10.0 Å². The Labute approximate surface area is 164 Å². The number of hydrogen-bond donors (Lipinski definition) is 2. The first-order valence-electron chi connectivity index (χ1n) is 7.98. The molecule has 1 aromatic heterocycles. The summed E-state index contributed by atoms with van der Waals surface area (Å²) in [6.45, 7) is 4.51. The maximum atomic E-state index is 14.3. The van der Waals surface area contributed by atoms with Gasteiger partial charge in [-0.1, -0.05) is 55.8 Å². The highest BCUT2D eigenvalue weighted by Crippen LogP contribution is 2.28. The van der Waals surface area contributed by atoms with Crippen LogP contribution in [-0.4, -0.2) is 9.19 Å². The average Bonchev–Trinajstić information content (AvgIpc) is 3.17. The van der Waals surface area contributed by atoms with Crippen LogP contribution in [0.25, 0.3) is 0 Å². The third kappa shape index (κ3) is 5.52. The first-order chi connectivity index (χ1) is 12.6. The second kappa shape index (κ2) is 10.3. The molecule has 0 aliphatic heterocycles. The smallest absolute Gasteiger partial charge is 0.194 e. The van der Waals surface area contributed by atoms with Crippen molar-refractivity contribution in [3.63, 3.8) is 0 Å². The molecule has 2 aromatic carbocycles. The summed E-state index contributed by atoms with van der Waals surface area (Å²) in [6, 6.07) is 12.3. The molecule has 0 bridgehead atoms. The molecular formula is C18H19ClFN3OS2. The molecule has 0 saturated heterocycles. The number of benzene rings is 2. The van der Waals surface area contributed by atoms with E-state index >= 15 is 0 Å². The van der Waals surface area contributed by atoms with Gasteiger partial charge in [-0.15, -0.1) is 11.3 Å². The number of nitrogens with zero attached hydrogens (tertiary/aromatic N) is 1. The molecule has 1 unspecified atom stereocenters. The third-order valence-electron chi connectivity index (χ3n) is 3.16. The predicted octanol–water partition coefficient (Wildman–Crippen LogP) is 5.71. The van der Waals surface area contributed by atoms with Crippen LogP contribution in [0.3, 0.4) is 0 Å². The van der Waals surface area contributed by atoms with E-state index in [0.717, 1.165) is 5.56 Å². The van der Waals surface area contributed by atoms with Crippen LogP contribution in [0.4, 0.5) is 15.2 Å². The quantitative estimate of drug-likeness (QED) is 0.546. The Morgan fingerprint density at radius 2 is 1.96 bits per heavy atom. The Bertz CT molecular complexity index is 845. The molecule has 1 atom stereocenters. The Kier molecular flexibility index (Phi) is 8.03. The monoisotopic (exact) mass is 411 g/mol. The van der Waals surface area contributed by atoms with Crippen LogP contribution in [0.1, 0.15) is 19.4 Å². The van der Waals surface area contributed by atoms with Crippen molar-refractivity contribution in [2.45, 2.75) is 25.3 Å². The maximum Gasteiger partial charge on any atom is 0.194 e. The van der Waals surface area contributed by atoms with E-state index in [9.17, 15) is 8.60 Å². The van der Waals surface area contributed by atoms with Crippen molar-refractivity contribution in [2.24, 2.45) is 0 Å². The highest BCUT2D eigenvalue weighted by Gasteiger charge is 2.15. The van der Waals surface area contributed by atoms with Crippen LogP contribution in [0.2, 0.25) is 5.02 Å². The van der Waals surface area contributed by atoms with Gasteiger partial charge in [-0.2, -0.15) is 0 Å². The number of thiazole rings is 1. The van der Waals surface area contributed by atoms with Gasteiger partial charge in [0.1, 0.15) is 5.82 Å². The van der Waals surface area contributed by atoms with Crippen molar-refractivity contribution in [1.82, 2.24) is 4.98 Å². The molecular weight excluding hydrogens is 393 g/mol. The second-order valence-electron chi connectivity index (χ2n) is 4.81.